The number of esters is 1. The van der Waals surface area contributed by atoms with E-state index in [1.165, 1.54) is 0 Å². The summed E-state index contributed by atoms with van der Waals surface area (Å²) in [7, 11) is 0. The Kier molecular flexibility index (Phi) is 4.35. The minimum Gasteiger partial charge on any atom is -0.478 e. The van der Waals surface area contributed by atoms with Gasteiger partial charge in [0.1, 0.15) is 0 Å². The van der Waals surface area contributed by atoms with Crippen molar-refractivity contribution < 1.29 is 24.2 Å². The third-order valence-corrected chi connectivity index (χ3v) is 4.18. The van der Waals surface area contributed by atoms with Crippen LogP contribution in [0.5, 0.6) is 0 Å². The van der Waals surface area contributed by atoms with Gasteiger partial charge in [0.2, 0.25) is 5.60 Å². The largest absolute Gasteiger partial charge is 0.478 e. The molecule has 2 rings (SSSR count). The second kappa shape index (κ2) is 5.91. The van der Waals surface area contributed by atoms with Gasteiger partial charge in [0.25, 0.3) is 5.78 Å². The molecule has 0 saturated heterocycles. The molecule has 0 heterocycles. The quantitative estimate of drug-likeness (QED) is 0.525. The maximum atomic E-state index is 12.4. The summed E-state index contributed by atoms with van der Waals surface area (Å²) in [5.74, 6) is -3.04. The van der Waals surface area contributed by atoms with Gasteiger partial charge in [0, 0.05) is 5.56 Å². The molecule has 0 radical (unpaired) electrons. The fraction of sp³-hybridized carbons (Fsp3) is 0.471. The van der Waals surface area contributed by atoms with E-state index in [1.54, 1.807) is 13.8 Å². The number of rotatable bonds is 4. The summed E-state index contributed by atoms with van der Waals surface area (Å²) in [4.78, 5) is 36.0. The standard InChI is InChI=1S/C17H20O5/c1-10-8-11(2)13(12(3)9-10)14(18)15(19)22-17(16(20)21)6-4-5-7-17/h8-9H,4-7H2,1-3H3,(H,20,21). The zero-order chi connectivity index (χ0) is 16.5. The first-order valence-electron chi connectivity index (χ1n) is 7.36. The highest BCUT2D eigenvalue weighted by Crippen LogP contribution is 2.34. The Labute approximate surface area is 129 Å². The van der Waals surface area contributed by atoms with Crippen molar-refractivity contribution in [1.29, 1.82) is 0 Å². The van der Waals surface area contributed by atoms with Crippen LogP contribution in [0.15, 0.2) is 12.1 Å². The van der Waals surface area contributed by atoms with Gasteiger partial charge in [0.05, 0.1) is 0 Å². The average Bonchev–Trinajstić information content (AvgIpc) is 2.87. The van der Waals surface area contributed by atoms with Gasteiger partial charge in [-0.2, -0.15) is 0 Å². The molecule has 1 aromatic rings. The molecule has 1 aliphatic carbocycles. The van der Waals surface area contributed by atoms with E-state index in [2.05, 4.69) is 0 Å². The van der Waals surface area contributed by atoms with Gasteiger partial charge in [-0.05, 0) is 57.6 Å². The van der Waals surface area contributed by atoms with Crippen LogP contribution in [0.1, 0.15) is 52.7 Å². The number of Topliss-reactive ketones (excluding diaryl/α,β-unsaturated/α-hetero) is 1. The highest BCUT2D eigenvalue weighted by molar-refractivity contribution is 6.41. The molecule has 118 valence electrons. The van der Waals surface area contributed by atoms with E-state index in [4.69, 9.17) is 4.74 Å². The lowest BCUT2D eigenvalue weighted by molar-refractivity contribution is -0.174. The topological polar surface area (TPSA) is 80.7 Å². The van der Waals surface area contributed by atoms with Crippen molar-refractivity contribution in [3.05, 3.63) is 34.4 Å². The molecule has 0 bridgehead atoms. The SMILES string of the molecule is Cc1cc(C)c(C(=O)C(=O)OC2(C(=O)O)CCCC2)c(C)c1. The summed E-state index contributed by atoms with van der Waals surface area (Å²) < 4.78 is 5.13. The molecule has 1 aliphatic rings. The van der Waals surface area contributed by atoms with E-state index in [9.17, 15) is 19.5 Å². The van der Waals surface area contributed by atoms with Crippen molar-refractivity contribution in [3.8, 4) is 0 Å². The van der Waals surface area contributed by atoms with Crippen LogP contribution >= 0.6 is 0 Å². The van der Waals surface area contributed by atoms with Crippen molar-refractivity contribution in [1.82, 2.24) is 0 Å². The van der Waals surface area contributed by atoms with Crippen molar-refractivity contribution in [2.45, 2.75) is 52.1 Å². The minimum atomic E-state index is -1.54. The normalized spacial score (nSPS) is 16.3. The van der Waals surface area contributed by atoms with Crippen LogP contribution in [0.3, 0.4) is 0 Å². The van der Waals surface area contributed by atoms with E-state index in [0.717, 1.165) is 5.56 Å². The van der Waals surface area contributed by atoms with E-state index in [0.29, 0.717) is 29.5 Å². The van der Waals surface area contributed by atoms with E-state index in [1.807, 2.05) is 19.1 Å². The number of ketones is 1. The number of aryl methyl sites for hydroxylation is 3. The predicted molar refractivity (Wildman–Crippen MR) is 79.9 cm³/mol. The Morgan fingerprint density at radius 1 is 1.05 bits per heavy atom. The summed E-state index contributed by atoms with van der Waals surface area (Å²) >= 11 is 0. The maximum Gasteiger partial charge on any atom is 0.380 e. The number of hydrogen-bond donors (Lipinski definition) is 1. The van der Waals surface area contributed by atoms with Crippen LogP contribution in [-0.2, 0) is 14.3 Å². The van der Waals surface area contributed by atoms with Gasteiger partial charge in [-0.3, -0.25) is 4.79 Å². The zero-order valence-electron chi connectivity index (χ0n) is 13.1. The summed E-state index contributed by atoms with van der Waals surface area (Å²) in [6.07, 6.45) is 1.87. The molecule has 1 fully saturated rings. The van der Waals surface area contributed by atoms with Crippen LogP contribution in [0.4, 0.5) is 0 Å². The van der Waals surface area contributed by atoms with Crippen molar-refractivity contribution >= 4 is 17.7 Å². The molecule has 0 unspecified atom stereocenters. The number of hydrogen-bond acceptors (Lipinski definition) is 4. The number of aliphatic carboxylic acids is 1. The molecule has 1 N–H and O–H groups in total. The molecule has 0 atom stereocenters. The number of carbonyl (C=O) groups excluding carboxylic acids is 2. The van der Waals surface area contributed by atoms with Crippen LogP contribution in [0, 0.1) is 20.8 Å². The van der Waals surface area contributed by atoms with Crippen molar-refractivity contribution in [2.24, 2.45) is 0 Å². The first-order valence-corrected chi connectivity index (χ1v) is 7.36. The number of ether oxygens (including phenoxy) is 1. The Bertz CT molecular complexity index is 615. The van der Waals surface area contributed by atoms with Gasteiger partial charge in [0.15, 0.2) is 0 Å². The van der Waals surface area contributed by atoms with E-state index >= 15 is 0 Å². The smallest absolute Gasteiger partial charge is 0.380 e. The molecular weight excluding hydrogens is 284 g/mol. The minimum absolute atomic E-state index is 0.257. The molecule has 5 nitrogen and oxygen atoms in total. The van der Waals surface area contributed by atoms with E-state index < -0.39 is 23.3 Å². The van der Waals surface area contributed by atoms with Gasteiger partial charge in [-0.25, -0.2) is 9.59 Å². The van der Waals surface area contributed by atoms with Gasteiger partial charge in [-0.15, -0.1) is 0 Å². The third-order valence-electron chi connectivity index (χ3n) is 4.18. The highest BCUT2D eigenvalue weighted by Gasteiger charge is 2.46. The molecule has 1 saturated carbocycles. The van der Waals surface area contributed by atoms with Crippen molar-refractivity contribution in [3.63, 3.8) is 0 Å². The molecule has 22 heavy (non-hydrogen) atoms. The molecular formula is C17H20O5. The first kappa shape index (κ1) is 16.2. The Balaban J connectivity index is 2.27. The first-order chi connectivity index (χ1) is 10.3. The summed E-state index contributed by atoms with van der Waals surface area (Å²) in [6, 6.07) is 3.63. The lowest BCUT2D eigenvalue weighted by atomic mass is 9.96. The highest BCUT2D eigenvalue weighted by atomic mass is 16.6. The summed E-state index contributed by atoms with van der Waals surface area (Å²) in [6.45, 7) is 5.41. The number of carbonyl (C=O) groups is 3. The van der Waals surface area contributed by atoms with Crippen LogP contribution in [0.25, 0.3) is 0 Å². The zero-order valence-corrected chi connectivity index (χ0v) is 13.1. The molecule has 0 aliphatic heterocycles. The van der Waals surface area contributed by atoms with E-state index in [-0.39, 0.29) is 12.8 Å². The molecule has 0 spiro atoms. The molecule has 0 amide bonds. The second-order valence-electron chi connectivity index (χ2n) is 6.00. The number of benzene rings is 1. The average molecular weight is 304 g/mol. The van der Waals surface area contributed by atoms with Gasteiger partial charge < -0.3 is 9.84 Å². The Hall–Kier alpha value is -2.17. The Morgan fingerprint density at radius 2 is 1.55 bits per heavy atom. The fourth-order valence-electron chi connectivity index (χ4n) is 3.17. The fourth-order valence-corrected chi connectivity index (χ4v) is 3.17. The maximum absolute atomic E-state index is 12.4. The van der Waals surface area contributed by atoms with Crippen LogP contribution in [0.2, 0.25) is 0 Å². The monoisotopic (exact) mass is 304 g/mol. The molecule has 0 aromatic heterocycles. The number of carboxylic acid groups (broad SMARTS) is 1. The molecule has 1 aromatic carbocycles. The third kappa shape index (κ3) is 2.89. The molecule has 5 heteroatoms. The van der Waals surface area contributed by atoms with Gasteiger partial charge in [-0.1, -0.05) is 17.7 Å². The summed E-state index contributed by atoms with van der Waals surface area (Å²) in [5.41, 5.74) is 1.14. The Morgan fingerprint density at radius 3 is 2.00 bits per heavy atom. The van der Waals surface area contributed by atoms with Gasteiger partial charge >= 0.3 is 11.9 Å². The number of carboxylic acids is 1. The summed E-state index contributed by atoms with van der Waals surface area (Å²) in [5, 5.41) is 9.32. The lowest BCUT2D eigenvalue weighted by Crippen LogP contribution is -2.42. The predicted octanol–water partition coefficient (Wildman–Crippen LogP) is 2.74. The second-order valence-corrected chi connectivity index (χ2v) is 6.00. The van der Waals surface area contributed by atoms with Crippen LogP contribution in [-0.4, -0.2) is 28.4 Å². The van der Waals surface area contributed by atoms with Crippen LogP contribution < -0.4 is 0 Å². The van der Waals surface area contributed by atoms with Crippen molar-refractivity contribution in [2.75, 3.05) is 0 Å². The lowest BCUT2D eigenvalue weighted by Gasteiger charge is -2.23.